The summed E-state index contributed by atoms with van der Waals surface area (Å²) in [5.74, 6) is -0.677. The van der Waals surface area contributed by atoms with E-state index in [0.717, 1.165) is 36.9 Å². The number of hydrogen-bond donors (Lipinski definition) is 1. The fraction of sp³-hybridized carbons (Fsp3) is 0.412. The molecule has 3 rings (SSSR count). The first-order valence-electron chi connectivity index (χ1n) is 7.93. The van der Waals surface area contributed by atoms with Crippen LogP contribution in [-0.4, -0.2) is 26.8 Å². The number of nitrogens with one attached hydrogen (secondary N) is 1. The highest BCUT2D eigenvalue weighted by molar-refractivity contribution is 7.99. The minimum atomic E-state index is -0.441. The van der Waals surface area contributed by atoms with Crippen molar-refractivity contribution < 1.29 is 9.18 Å². The van der Waals surface area contributed by atoms with Crippen molar-refractivity contribution in [3.05, 3.63) is 47.0 Å². The van der Waals surface area contributed by atoms with Crippen molar-refractivity contribution in [2.45, 2.75) is 42.1 Å². The number of rotatable bonds is 4. The summed E-state index contributed by atoms with van der Waals surface area (Å²) in [5.41, 5.74) is 0.322. The highest BCUT2D eigenvalue weighted by Crippen LogP contribution is 2.32. The molecule has 0 aliphatic heterocycles. The summed E-state index contributed by atoms with van der Waals surface area (Å²) < 4.78 is 15.1. The topological polar surface area (TPSA) is 46.9 Å². The van der Waals surface area contributed by atoms with Crippen molar-refractivity contribution in [2.24, 2.45) is 7.05 Å². The number of halogens is 2. The molecule has 0 saturated heterocycles. The molecule has 1 aliphatic carbocycles. The van der Waals surface area contributed by atoms with Crippen LogP contribution in [-0.2, 0) is 7.05 Å². The molecule has 1 fully saturated rings. The minimum absolute atomic E-state index is 0.136. The lowest BCUT2D eigenvalue weighted by atomic mass is 9.94. The summed E-state index contributed by atoms with van der Waals surface area (Å²) in [6.07, 6.45) is 7.65. The molecule has 2 aromatic rings. The average molecular weight is 368 g/mol. The first-order chi connectivity index (χ1) is 11.5. The zero-order valence-electron chi connectivity index (χ0n) is 13.3. The van der Waals surface area contributed by atoms with E-state index in [0.29, 0.717) is 10.8 Å². The van der Waals surface area contributed by atoms with Crippen LogP contribution in [0.15, 0.2) is 35.7 Å². The Morgan fingerprint density at radius 2 is 2.12 bits per heavy atom. The number of benzene rings is 1. The lowest BCUT2D eigenvalue weighted by molar-refractivity contribution is 0.0928. The van der Waals surface area contributed by atoms with Gasteiger partial charge in [-0.25, -0.2) is 9.37 Å². The summed E-state index contributed by atoms with van der Waals surface area (Å²) in [5, 5.41) is 4.71. The van der Waals surface area contributed by atoms with Gasteiger partial charge in [0, 0.05) is 30.7 Å². The Morgan fingerprint density at radius 3 is 2.75 bits per heavy atom. The molecule has 1 heterocycles. The highest BCUT2D eigenvalue weighted by atomic mass is 35.5. The van der Waals surface area contributed by atoms with Gasteiger partial charge in [0.2, 0.25) is 0 Å². The molecule has 1 aromatic carbocycles. The van der Waals surface area contributed by atoms with E-state index in [-0.39, 0.29) is 17.0 Å². The van der Waals surface area contributed by atoms with Crippen molar-refractivity contribution in [1.82, 2.24) is 14.9 Å². The molecular formula is C17H19ClFN3OS. The van der Waals surface area contributed by atoms with Crippen LogP contribution < -0.4 is 5.32 Å². The van der Waals surface area contributed by atoms with Gasteiger partial charge in [0.05, 0.1) is 10.6 Å². The quantitative estimate of drug-likeness (QED) is 0.886. The maximum Gasteiger partial charge on any atom is 0.253 e. The maximum absolute atomic E-state index is 13.1. The van der Waals surface area contributed by atoms with E-state index >= 15 is 0 Å². The second-order valence-electron chi connectivity index (χ2n) is 6.01. The Morgan fingerprint density at radius 1 is 1.38 bits per heavy atom. The number of nitrogens with zero attached hydrogens (tertiary/aromatic N) is 2. The normalized spacial score (nSPS) is 20.8. The van der Waals surface area contributed by atoms with E-state index in [9.17, 15) is 9.18 Å². The Kier molecular flexibility index (Phi) is 5.46. The lowest BCUT2D eigenvalue weighted by Gasteiger charge is -2.28. The molecule has 1 N–H and O–H groups in total. The Hall–Kier alpha value is -1.53. The largest absolute Gasteiger partial charge is 0.349 e. The van der Waals surface area contributed by atoms with Gasteiger partial charge in [-0.15, -0.1) is 0 Å². The van der Waals surface area contributed by atoms with Gasteiger partial charge in [0.15, 0.2) is 5.16 Å². The molecule has 24 heavy (non-hydrogen) atoms. The molecule has 1 aliphatic rings. The van der Waals surface area contributed by atoms with Gasteiger partial charge in [-0.2, -0.15) is 0 Å². The smallest absolute Gasteiger partial charge is 0.253 e. The van der Waals surface area contributed by atoms with E-state index in [2.05, 4.69) is 10.3 Å². The number of thioether (sulfide) groups is 1. The zero-order chi connectivity index (χ0) is 17.1. The Balaban J connectivity index is 1.51. The van der Waals surface area contributed by atoms with Gasteiger partial charge < -0.3 is 9.88 Å². The zero-order valence-corrected chi connectivity index (χ0v) is 14.9. The summed E-state index contributed by atoms with van der Waals surface area (Å²) in [4.78, 5) is 16.6. The van der Waals surface area contributed by atoms with E-state index in [1.807, 2.05) is 17.8 Å². The number of amides is 1. The third-order valence-corrected chi connectivity index (χ3v) is 5.96. The molecule has 0 bridgehead atoms. The highest BCUT2D eigenvalue weighted by Gasteiger charge is 2.25. The van der Waals surface area contributed by atoms with Crippen molar-refractivity contribution in [1.29, 1.82) is 0 Å². The predicted molar refractivity (Wildman–Crippen MR) is 94.0 cm³/mol. The van der Waals surface area contributed by atoms with Crippen LogP contribution in [0, 0.1) is 5.82 Å². The van der Waals surface area contributed by atoms with E-state index in [1.165, 1.54) is 12.1 Å². The number of aryl methyl sites for hydroxylation is 1. The molecule has 0 spiro atoms. The van der Waals surface area contributed by atoms with Gasteiger partial charge in [-0.3, -0.25) is 4.79 Å². The fourth-order valence-corrected chi connectivity index (χ4v) is 4.28. The number of aromatic nitrogens is 2. The maximum atomic E-state index is 13.1. The summed E-state index contributed by atoms with van der Waals surface area (Å²) in [6.45, 7) is 0. The van der Waals surface area contributed by atoms with Crippen molar-refractivity contribution >= 4 is 29.3 Å². The van der Waals surface area contributed by atoms with Gasteiger partial charge in [0.1, 0.15) is 5.82 Å². The summed E-state index contributed by atoms with van der Waals surface area (Å²) in [7, 11) is 1.99. The van der Waals surface area contributed by atoms with Gasteiger partial charge in [0.25, 0.3) is 5.91 Å². The van der Waals surface area contributed by atoms with E-state index in [4.69, 9.17) is 11.6 Å². The van der Waals surface area contributed by atoms with Crippen LogP contribution in [0.1, 0.15) is 36.0 Å². The molecule has 4 nitrogen and oxygen atoms in total. The molecule has 1 aromatic heterocycles. The summed E-state index contributed by atoms with van der Waals surface area (Å²) in [6, 6.07) is 3.98. The first kappa shape index (κ1) is 17.3. The molecule has 1 saturated carbocycles. The predicted octanol–water partition coefficient (Wildman–Crippen LogP) is 4.05. The van der Waals surface area contributed by atoms with Gasteiger partial charge >= 0.3 is 0 Å². The Labute approximate surface area is 149 Å². The average Bonchev–Trinajstić information content (AvgIpc) is 2.94. The second-order valence-corrected chi connectivity index (χ2v) is 7.68. The van der Waals surface area contributed by atoms with Crippen molar-refractivity contribution in [2.75, 3.05) is 0 Å². The molecule has 0 radical (unpaired) electrons. The number of imidazole rings is 1. The number of carbonyl (C=O) groups excluding carboxylic acids is 1. The van der Waals surface area contributed by atoms with Crippen LogP contribution in [0.2, 0.25) is 5.02 Å². The lowest BCUT2D eigenvalue weighted by Crippen LogP contribution is -2.38. The van der Waals surface area contributed by atoms with E-state index < -0.39 is 5.82 Å². The third kappa shape index (κ3) is 4.11. The monoisotopic (exact) mass is 367 g/mol. The Bertz CT molecular complexity index is 728. The molecule has 0 atom stereocenters. The van der Waals surface area contributed by atoms with Gasteiger partial charge in [-0.05, 0) is 43.9 Å². The molecular weight excluding hydrogens is 349 g/mol. The number of hydrogen-bond acceptors (Lipinski definition) is 3. The van der Waals surface area contributed by atoms with Crippen LogP contribution in [0.25, 0.3) is 0 Å². The molecule has 7 heteroatoms. The third-order valence-electron chi connectivity index (χ3n) is 4.23. The van der Waals surface area contributed by atoms with E-state index in [1.54, 1.807) is 18.0 Å². The second kappa shape index (κ2) is 7.57. The van der Waals surface area contributed by atoms with Crippen molar-refractivity contribution in [3.8, 4) is 0 Å². The van der Waals surface area contributed by atoms with Crippen LogP contribution in [0.3, 0.4) is 0 Å². The molecule has 1 amide bonds. The standard InChI is InChI=1S/C17H19ClFN3OS/c1-22-9-8-20-17(22)24-13-5-3-12(4-6-13)21-16(23)14-7-2-11(19)10-15(14)18/h2,7-10,12-13H,3-6H2,1H3,(H,21,23). The summed E-state index contributed by atoms with van der Waals surface area (Å²) >= 11 is 7.74. The van der Waals surface area contributed by atoms with Gasteiger partial charge in [-0.1, -0.05) is 23.4 Å². The molecule has 128 valence electrons. The van der Waals surface area contributed by atoms with Crippen LogP contribution >= 0.6 is 23.4 Å². The van der Waals surface area contributed by atoms with Crippen LogP contribution in [0.4, 0.5) is 4.39 Å². The fourth-order valence-electron chi connectivity index (χ4n) is 2.88. The number of carbonyl (C=O) groups is 1. The van der Waals surface area contributed by atoms with Crippen molar-refractivity contribution in [3.63, 3.8) is 0 Å². The SMILES string of the molecule is Cn1ccnc1SC1CCC(NC(=O)c2ccc(F)cc2Cl)CC1. The first-order valence-corrected chi connectivity index (χ1v) is 9.18. The molecule has 0 unspecified atom stereocenters. The van der Waals surface area contributed by atoms with Crippen LogP contribution in [0.5, 0.6) is 0 Å². The minimum Gasteiger partial charge on any atom is -0.349 e.